The highest BCUT2D eigenvalue weighted by atomic mass is 19.4. The van der Waals surface area contributed by atoms with Gasteiger partial charge in [-0.2, -0.15) is 13.2 Å². The number of alkyl halides is 3. The summed E-state index contributed by atoms with van der Waals surface area (Å²) in [6.07, 6.45) is -6.05. The molecule has 0 saturated heterocycles. The topological polar surface area (TPSA) is 48.4 Å². The second-order valence-corrected chi connectivity index (χ2v) is 9.01. The smallest absolute Gasteiger partial charge is 0.389 e. The van der Waals surface area contributed by atoms with E-state index in [1.54, 1.807) is 45.0 Å². The molecule has 0 aliphatic heterocycles. The summed E-state index contributed by atoms with van der Waals surface area (Å²) in [5.41, 5.74) is 1.45. The predicted molar refractivity (Wildman–Crippen MR) is 121 cm³/mol. The van der Waals surface area contributed by atoms with Crippen LogP contribution in [0.3, 0.4) is 0 Å². The average molecular weight is 460 g/mol. The van der Waals surface area contributed by atoms with Crippen molar-refractivity contribution in [2.45, 2.75) is 58.9 Å². The van der Waals surface area contributed by atoms with Crippen LogP contribution >= 0.6 is 0 Å². The lowest BCUT2D eigenvalue weighted by molar-refractivity contribution is -0.160. The van der Waals surface area contributed by atoms with Crippen molar-refractivity contribution in [3.05, 3.63) is 71.9 Å². The predicted octanol–water partition coefficient (Wildman–Crippen LogP) is 7.18. The van der Waals surface area contributed by atoms with Crippen LogP contribution in [0.4, 0.5) is 13.2 Å². The number of esters is 1. The van der Waals surface area contributed by atoms with Gasteiger partial charge in [0, 0.05) is 11.8 Å². The van der Waals surface area contributed by atoms with E-state index >= 15 is 0 Å². The van der Waals surface area contributed by atoms with Crippen molar-refractivity contribution < 1.29 is 27.4 Å². The second-order valence-electron chi connectivity index (χ2n) is 9.01. The molecule has 0 aliphatic rings. The molecule has 0 aliphatic carbocycles. The van der Waals surface area contributed by atoms with Crippen LogP contribution in [0, 0.1) is 5.41 Å². The molecule has 1 atom stereocenters. The summed E-state index contributed by atoms with van der Waals surface area (Å²) < 4.78 is 49.4. The molecular formula is C26H28F3NO3. The first kappa shape index (κ1) is 24.6. The summed E-state index contributed by atoms with van der Waals surface area (Å²) in [6, 6.07) is 18.6. The number of fused-ring (bicyclic) bond motifs is 1. The number of ether oxygens (including phenoxy) is 2. The minimum Gasteiger partial charge on any atom is -0.487 e. The third-order valence-electron chi connectivity index (χ3n) is 5.06. The van der Waals surface area contributed by atoms with E-state index in [0.717, 1.165) is 16.6 Å². The molecule has 0 bridgehead atoms. The molecule has 1 aromatic heterocycles. The maximum Gasteiger partial charge on any atom is 0.389 e. The number of nitrogens with zero attached hydrogens (tertiary/aromatic N) is 1. The molecular weight excluding hydrogens is 431 g/mol. The van der Waals surface area contributed by atoms with E-state index in [0.29, 0.717) is 11.3 Å². The molecule has 0 saturated carbocycles. The van der Waals surface area contributed by atoms with Gasteiger partial charge >= 0.3 is 12.1 Å². The van der Waals surface area contributed by atoms with Gasteiger partial charge in [0.2, 0.25) is 0 Å². The zero-order chi connectivity index (χ0) is 24.1. The monoisotopic (exact) mass is 459 g/mol. The van der Waals surface area contributed by atoms with Gasteiger partial charge in [0.25, 0.3) is 0 Å². The average Bonchev–Trinajstić information content (AvgIpc) is 2.75. The molecule has 0 fully saturated rings. The van der Waals surface area contributed by atoms with Crippen molar-refractivity contribution in [3.63, 3.8) is 0 Å². The van der Waals surface area contributed by atoms with E-state index < -0.39 is 30.1 Å². The van der Waals surface area contributed by atoms with Gasteiger partial charge in [-0.05, 0) is 63.4 Å². The maximum absolute atomic E-state index is 12.6. The van der Waals surface area contributed by atoms with Gasteiger partial charge in [-0.25, -0.2) is 4.98 Å². The molecule has 0 spiro atoms. The highest BCUT2D eigenvalue weighted by Gasteiger charge is 2.30. The fourth-order valence-electron chi connectivity index (χ4n) is 3.24. The Labute approximate surface area is 191 Å². The van der Waals surface area contributed by atoms with Crippen molar-refractivity contribution in [2.75, 3.05) is 0 Å². The lowest BCUT2D eigenvalue weighted by Crippen LogP contribution is -2.25. The van der Waals surface area contributed by atoms with Crippen molar-refractivity contribution in [1.29, 1.82) is 0 Å². The zero-order valence-corrected chi connectivity index (χ0v) is 19.0. The third kappa shape index (κ3) is 7.48. The summed E-state index contributed by atoms with van der Waals surface area (Å²) in [6.45, 7) is 5.35. The molecule has 3 rings (SSSR count). The number of pyridine rings is 1. The van der Waals surface area contributed by atoms with E-state index in [1.807, 2.05) is 36.4 Å². The number of rotatable bonds is 8. The van der Waals surface area contributed by atoms with E-state index in [1.165, 1.54) is 0 Å². The Kier molecular flexibility index (Phi) is 7.61. The highest BCUT2D eigenvalue weighted by molar-refractivity contribution is 5.78. The number of aromatic nitrogens is 1. The fraction of sp³-hybridized carbons (Fsp3) is 0.385. The minimum atomic E-state index is -4.25. The molecule has 4 nitrogen and oxygen atoms in total. The maximum atomic E-state index is 12.6. The largest absolute Gasteiger partial charge is 0.487 e. The summed E-state index contributed by atoms with van der Waals surface area (Å²) in [5.74, 6) is 0.0567. The Morgan fingerprint density at radius 1 is 1.00 bits per heavy atom. The molecule has 0 amide bonds. The lowest BCUT2D eigenvalue weighted by atomic mass is 9.96. The lowest BCUT2D eigenvalue weighted by Gasteiger charge is -2.24. The van der Waals surface area contributed by atoms with Gasteiger partial charge < -0.3 is 9.47 Å². The van der Waals surface area contributed by atoms with Gasteiger partial charge in [-0.1, -0.05) is 36.4 Å². The first-order valence-corrected chi connectivity index (χ1v) is 10.9. The van der Waals surface area contributed by atoms with Crippen molar-refractivity contribution in [2.24, 2.45) is 5.41 Å². The second kappa shape index (κ2) is 10.2. The van der Waals surface area contributed by atoms with Gasteiger partial charge in [-0.3, -0.25) is 4.79 Å². The van der Waals surface area contributed by atoms with Gasteiger partial charge in [0.1, 0.15) is 18.5 Å². The van der Waals surface area contributed by atoms with E-state index in [4.69, 9.17) is 9.47 Å². The number of para-hydroxylation sites is 1. The number of hydrogen-bond acceptors (Lipinski definition) is 4. The molecule has 1 heterocycles. The highest BCUT2D eigenvalue weighted by Crippen LogP contribution is 2.32. The Morgan fingerprint density at radius 3 is 2.48 bits per heavy atom. The Morgan fingerprint density at radius 2 is 1.76 bits per heavy atom. The Balaban J connectivity index is 1.73. The SMILES string of the molecule is CC(C)(C)C(=O)OC(CCCC(F)(F)F)c1cccc(OCc2ccc3ccccc3n2)c1. The quantitative estimate of drug-likeness (QED) is 0.335. The Bertz CT molecular complexity index is 1090. The standard InChI is InChI=1S/C26H28F3NO3/c1-25(2,3)24(31)33-23(12-7-15-26(27,28)29)19-9-6-10-21(16-19)32-17-20-14-13-18-8-4-5-11-22(18)30-20/h4-6,8-11,13-14,16,23H,7,12,15,17H2,1-3H3. The van der Waals surface area contributed by atoms with Crippen LogP contribution in [0.25, 0.3) is 10.9 Å². The van der Waals surface area contributed by atoms with Crippen LogP contribution in [0.1, 0.15) is 57.4 Å². The summed E-state index contributed by atoms with van der Waals surface area (Å²) in [4.78, 5) is 17.0. The first-order chi connectivity index (χ1) is 15.5. The van der Waals surface area contributed by atoms with Gasteiger partial charge in [0.05, 0.1) is 16.6 Å². The van der Waals surface area contributed by atoms with Crippen molar-refractivity contribution in [3.8, 4) is 5.75 Å². The molecule has 0 radical (unpaired) electrons. The summed E-state index contributed by atoms with van der Waals surface area (Å²) in [7, 11) is 0. The number of carbonyl (C=O) groups excluding carboxylic acids is 1. The van der Waals surface area contributed by atoms with Crippen LogP contribution in [-0.2, 0) is 16.1 Å². The molecule has 7 heteroatoms. The number of carbonyl (C=O) groups is 1. The van der Waals surface area contributed by atoms with E-state index in [9.17, 15) is 18.0 Å². The fourth-order valence-corrected chi connectivity index (χ4v) is 3.24. The molecule has 1 unspecified atom stereocenters. The normalized spacial score (nSPS) is 13.0. The third-order valence-corrected chi connectivity index (χ3v) is 5.06. The van der Waals surface area contributed by atoms with Gasteiger partial charge in [-0.15, -0.1) is 0 Å². The molecule has 0 N–H and O–H groups in total. The van der Waals surface area contributed by atoms with Crippen LogP contribution < -0.4 is 4.74 Å². The number of halogens is 3. The molecule has 33 heavy (non-hydrogen) atoms. The van der Waals surface area contributed by atoms with Crippen molar-refractivity contribution >= 4 is 16.9 Å². The van der Waals surface area contributed by atoms with Crippen molar-refractivity contribution in [1.82, 2.24) is 4.98 Å². The van der Waals surface area contributed by atoms with E-state index in [2.05, 4.69) is 4.98 Å². The summed E-state index contributed by atoms with van der Waals surface area (Å²) in [5, 5.41) is 1.03. The van der Waals surface area contributed by atoms with Gasteiger partial charge in [0.15, 0.2) is 0 Å². The number of hydrogen-bond donors (Lipinski definition) is 0. The Hall–Kier alpha value is -3.09. The molecule has 3 aromatic rings. The van der Waals surface area contributed by atoms with E-state index in [-0.39, 0.29) is 19.4 Å². The van der Waals surface area contributed by atoms with Crippen LogP contribution in [0.2, 0.25) is 0 Å². The first-order valence-electron chi connectivity index (χ1n) is 10.9. The molecule has 176 valence electrons. The van der Waals surface area contributed by atoms with Crippen LogP contribution in [0.15, 0.2) is 60.7 Å². The zero-order valence-electron chi connectivity index (χ0n) is 19.0. The minimum absolute atomic E-state index is 0.0665. The number of benzene rings is 2. The van der Waals surface area contributed by atoms with Crippen LogP contribution in [0.5, 0.6) is 5.75 Å². The molecule has 2 aromatic carbocycles. The summed E-state index contributed by atoms with van der Waals surface area (Å²) >= 11 is 0. The van der Waals surface area contributed by atoms with Crippen LogP contribution in [-0.4, -0.2) is 17.1 Å².